The standard InChI is InChI=1S/C32H27N3O5/c1-2-39-29-20-24(16-18-28(29)40-30(36)19-17-23-10-5-3-6-11-23)22-33-35-32(38)26-14-9-15-27(21-26)34-31(37)25-12-7-4-8-13-25/h3-22H,2H2,1H3,(H,34,37)(H,35,38)/b19-17+,33-22?. The van der Waals surface area contributed by atoms with Crippen LogP contribution in [-0.4, -0.2) is 30.6 Å². The Bertz CT molecular complexity index is 1530. The van der Waals surface area contributed by atoms with Gasteiger partial charge in [0.05, 0.1) is 12.8 Å². The number of nitrogens with zero attached hydrogens (tertiary/aromatic N) is 1. The Labute approximate surface area is 232 Å². The Kier molecular flexibility index (Phi) is 9.55. The Balaban J connectivity index is 1.37. The molecule has 0 atom stereocenters. The van der Waals surface area contributed by atoms with Gasteiger partial charge in [0.25, 0.3) is 11.8 Å². The van der Waals surface area contributed by atoms with Crippen LogP contribution in [0, 0.1) is 0 Å². The molecule has 4 rings (SSSR count). The van der Waals surface area contributed by atoms with Gasteiger partial charge in [-0.05, 0) is 72.7 Å². The van der Waals surface area contributed by atoms with E-state index in [-0.39, 0.29) is 11.7 Å². The second-order valence-electron chi connectivity index (χ2n) is 8.40. The van der Waals surface area contributed by atoms with E-state index in [0.29, 0.717) is 34.7 Å². The molecule has 0 bridgehead atoms. The number of rotatable bonds is 10. The monoisotopic (exact) mass is 533 g/mol. The number of benzene rings is 4. The van der Waals surface area contributed by atoms with Crippen LogP contribution >= 0.6 is 0 Å². The van der Waals surface area contributed by atoms with Crippen LogP contribution in [0.15, 0.2) is 114 Å². The van der Waals surface area contributed by atoms with Gasteiger partial charge in [-0.3, -0.25) is 9.59 Å². The van der Waals surface area contributed by atoms with Gasteiger partial charge in [-0.1, -0.05) is 54.6 Å². The van der Waals surface area contributed by atoms with Crippen molar-refractivity contribution in [1.29, 1.82) is 0 Å². The van der Waals surface area contributed by atoms with Crippen LogP contribution in [0.1, 0.15) is 38.8 Å². The van der Waals surface area contributed by atoms with Crippen molar-refractivity contribution in [3.05, 3.63) is 131 Å². The first-order chi connectivity index (χ1) is 19.5. The highest BCUT2D eigenvalue weighted by Gasteiger charge is 2.11. The van der Waals surface area contributed by atoms with Gasteiger partial charge in [0.2, 0.25) is 0 Å². The van der Waals surface area contributed by atoms with Gasteiger partial charge >= 0.3 is 5.97 Å². The summed E-state index contributed by atoms with van der Waals surface area (Å²) in [7, 11) is 0. The fourth-order valence-corrected chi connectivity index (χ4v) is 3.59. The fraction of sp³-hybridized carbons (Fsp3) is 0.0625. The minimum atomic E-state index is -0.541. The molecule has 4 aromatic carbocycles. The number of anilines is 1. The second-order valence-corrected chi connectivity index (χ2v) is 8.40. The molecule has 0 unspecified atom stereocenters. The zero-order valence-electron chi connectivity index (χ0n) is 21.7. The first-order valence-corrected chi connectivity index (χ1v) is 12.5. The van der Waals surface area contributed by atoms with Gasteiger partial charge in [0.1, 0.15) is 0 Å². The van der Waals surface area contributed by atoms with Crippen molar-refractivity contribution >= 4 is 35.8 Å². The molecule has 0 radical (unpaired) electrons. The van der Waals surface area contributed by atoms with E-state index in [1.165, 1.54) is 12.3 Å². The molecule has 2 N–H and O–H groups in total. The van der Waals surface area contributed by atoms with Gasteiger partial charge in [0.15, 0.2) is 11.5 Å². The Hall–Kier alpha value is -5.50. The molecule has 0 aliphatic heterocycles. The van der Waals surface area contributed by atoms with Crippen LogP contribution in [0.25, 0.3) is 6.08 Å². The van der Waals surface area contributed by atoms with Gasteiger partial charge in [-0.15, -0.1) is 0 Å². The third-order valence-electron chi connectivity index (χ3n) is 5.49. The van der Waals surface area contributed by atoms with E-state index in [1.807, 2.05) is 43.3 Å². The molecule has 4 aromatic rings. The number of amides is 2. The maximum atomic E-state index is 12.6. The summed E-state index contributed by atoms with van der Waals surface area (Å²) in [6, 6.07) is 29.7. The SMILES string of the molecule is CCOc1cc(C=NNC(=O)c2cccc(NC(=O)c3ccccc3)c2)ccc1OC(=O)/C=C/c1ccccc1. The summed E-state index contributed by atoms with van der Waals surface area (Å²) in [5.74, 6) is -0.641. The Morgan fingerprint density at radius 1 is 0.750 bits per heavy atom. The van der Waals surface area contributed by atoms with Crippen molar-refractivity contribution in [3.8, 4) is 11.5 Å². The van der Waals surface area contributed by atoms with Crippen LogP contribution in [0.4, 0.5) is 5.69 Å². The highest BCUT2D eigenvalue weighted by atomic mass is 16.6. The average Bonchev–Trinajstić information content (AvgIpc) is 2.98. The van der Waals surface area contributed by atoms with Crippen LogP contribution in [0.5, 0.6) is 11.5 Å². The molecule has 8 nitrogen and oxygen atoms in total. The molecule has 0 saturated heterocycles. The molecule has 0 fully saturated rings. The van der Waals surface area contributed by atoms with Crippen molar-refractivity contribution in [2.24, 2.45) is 5.10 Å². The normalized spacial score (nSPS) is 10.8. The maximum absolute atomic E-state index is 12.6. The van der Waals surface area contributed by atoms with Crippen molar-refractivity contribution in [1.82, 2.24) is 5.43 Å². The van der Waals surface area contributed by atoms with E-state index in [1.54, 1.807) is 72.8 Å². The van der Waals surface area contributed by atoms with E-state index >= 15 is 0 Å². The van der Waals surface area contributed by atoms with E-state index in [2.05, 4.69) is 15.8 Å². The molecule has 0 heterocycles. The minimum Gasteiger partial charge on any atom is -0.490 e. The average molecular weight is 534 g/mol. The van der Waals surface area contributed by atoms with E-state index in [9.17, 15) is 14.4 Å². The van der Waals surface area contributed by atoms with Crippen molar-refractivity contribution in [2.75, 3.05) is 11.9 Å². The number of carbonyl (C=O) groups excluding carboxylic acids is 3. The third-order valence-corrected chi connectivity index (χ3v) is 5.49. The highest BCUT2D eigenvalue weighted by molar-refractivity contribution is 6.05. The number of esters is 1. The van der Waals surface area contributed by atoms with E-state index < -0.39 is 11.9 Å². The highest BCUT2D eigenvalue weighted by Crippen LogP contribution is 2.28. The molecular weight excluding hydrogens is 506 g/mol. The topological polar surface area (TPSA) is 106 Å². The predicted molar refractivity (Wildman–Crippen MR) is 155 cm³/mol. The molecule has 0 saturated carbocycles. The third kappa shape index (κ3) is 8.00. The quantitative estimate of drug-likeness (QED) is 0.0892. The smallest absolute Gasteiger partial charge is 0.336 e. The van der Waals surface area contributed by atoms with Gasteiger partial charge in [-0.25, -0.2) is 10.2 Å². The molecule has 0 aliphatic carbocycles. The first kappa shape index (κ1) is 27.5. The second kappa shape index (κ2) is 13.9. The fourth-order valence-electron chi connectivity index (χ4n) is 3.59. The lowest BCUT2D eigenvalue weighted by atomic mass is 10.1. The summed E-state index contributed by atoms with van der Waals surface area (Å²) in [6.07, 6.45) is 4.46. The van der Waals surface area contributed by atoms with Crippen molar-refractivity contribution in [2.45, 2.75) is 6.92 Å². The summed E-state index contributed by atoms with van der Waals surface area (Å²) >= 11 is 0. The zero-order valence-corrected chi connectivity index (χ0v) is 21.7. The van der Waals surface area contributed by atoms with Crippen molar-refractivity contribution < 1.29 is 23.9 Å². The number of nitrogens with one attached hydrogen (secondary N) is 2. The van der Waals surface area contributed by atoms with Gasteiger partial charge in [-0.2, -0.15) is 5.10 Å². The Morgan fingerprint density at radius 2 is 1.48 bits per heavy atom. The molecular formula is C32H27N3O5. The lowest BCUT2D eigenvalue weighted by molar-refractivity contribution is -0.129. The van der Waals surface area contributed by atoms with Crippen LogP contribution < -0.4 is 20.2 Å². The lowest BCUT2D eigenvalue weighted by Gasteiger charge is -2.10. The number of hydrogen-bond donors (Lipinski definition) is 2. The lowest BCUT2D eigenvalue weighted by Crippen LogP contribution is -2.18. The summed E-state index contributed by atoms with van der Waals surface area (Å²) in [6.45, 7) is 2.18. The molecule has 200 valence electrons. The van der Waals surface area contributed by atoms with Gasteiger partial charge in [0, 0.05) is 22.9 Å². The Morgan fingerprint density at radius 3 is 2.23 bits per heavy atom. The summed E-state index contributed by atoms with van der Waals surface area (Å²) in [5.41, 5.74) is 5.28. The van der Waals surface area contributed by atoms with Crippen LogP contribution in [0.2, 0.25) is 0 Å². The maximum Gasteiger partial charge on any atom is 0.336 e. The number of carbonyl (C=O) groups is 3. The molecule has 0 spiro atoms. The molecule has 0 aromatic heterocycles. The number of ether oxygens (including phenoxy) is 2. The van der Waals surface area contributed by atoms with Crippen LogP contribution in [0.3, 0.4) is 0 Å². The van der Waals surface area contributed by atoms with Crippen molar-refractivity contribution in [3.63, 3.8) is 0 Å². The molecule has 8 heteroatoms. The van der Waals surface area contributed by atoms with Crippen LogP contribution in [-0.2, 0) is 4.79 Å². The summed E-state index contributed by atoms with van der Waals surface area (Å²) in [5, 5.41) is 6.80. The molecule has 0 aliphatic rings. The van der Waals surface area contributed by atoms with Gasteiger partial charge < -0.3 is 14.8 Å². The molecule has 2 amide bonds. The largest absolute Gasteiger partial charge is 0.490 e. The minimum absolute atomic E-state index is 0.264. The molecule has 40 heavy (non-hydrogen) atoms. The predicted octanol–water partition coefficient (Wildman–Crippen LogP) is 5.72. The summed E-state index contributed by atoms with van der Waals surface area (Å²) in [4.78, 5) is 37.3. The van der Waals surface area contributed by atoms with E-state index in [0.717, 1.165) is 5.56 Å². The summed E-state index contributed by atoms with van der Waals surface area (Å²) < 4.78 is 11.1. The van der Waals surface area contributed by atoms with E-state index in [4.69, 9.17) is 9.47 Å². The number of hydrazone groups is 1. The first-order valence-electron chi connectivity index (χ1n) is 12.5. The zero-order chi connectivity index (χ0) is 28.2. The number of hydrogen-bond acceptors (Lipinski definition) is 6.